The Morgan fingerprint density at radius 2 is 1.73 bits per heavy atom. The van der Waals surface area contributed by atoms with Crippen molar-refractivity contribution < 1.29 is 19.1 Å². The summed E-state index contributed by atoms with van der Waals surface area (Å²) in [6.07, 6.45) is 0. The number of rotatable bonds is 12. The van der Waals surface area contributed by atoms with Crippen molar-refractivity contribution in [2.75, 3.05) is 71.6 Å². The van der Waals surface area contributed by atoms with Gasteiger partial charge in [0.25, 0.3) is 0 Å². The van der Waals surface area contributed by atoms with Gasteiger partial charge in [-0.15, -0.1) is 0 Å². The molecule has 1 aliphatic rings. The van der Waals surface area contributed by atoms with Crippen LogP contribution in [0.5, 0.6) is 0 Å². The smallest absolute Gasteiger partial charge is 0.248 e. The van der Waals surface area contributed by atoms with Crippen molar-refractivity contribution in [3.8, 4) is 11.1 Å². The van der Waals surface area contributed by atoms with Crippen molar-refractivity contribution in [1.82, 2.24) is 9.80 Å². The van der Waals surface area contributed by atoms with Gasteiger partial charge >= 0.3 is 0 Å². The quantitative estimate of drug-likeness (QED) is 0.324. The van der Waals surface area contributed by atoms with Gasteiger partial charge in [-0.1, -0.05) is 59.6 Å². The highest BCUT2D eigenvalue weighted by atomic mass is 35.5. The van der Waals surface area contributed by atoms with Crippen LogP contribution in [0.1, 0.15) is 22.0 Å². The number of hydrogen-bond acceptors (Lipinski definition) is 6. The van der Waals surface area contributed by atoms with Gasteiger partial charge in [-0.05, 0) is 47.0 Å². The predicted octanol–water partition coefficient (Wildman–Crippen LogP) is 4.74. The molecule has 0 bridgehead atoms. The molecule has 218 valence electrons. The van der Waals surface area contributed by atoms with Gasteiger partial charge in [0.15, 0.2) is 0 Å². The van der Waals surface area contributed by atoms with Crippen molar-refractivity contribution in [2.24, 2.45) is 5.73 Å². The maximum atomic E-state index is 13.8. The Bertz CT molecular complexity index is 1330. The van der Waals surface area contributed by atoms with Crippen LogP contribution in [-0.2, 0) is 14.3 Å². The molecule has 41 heavy (non-hydrogen) atoms. The summed E-state index contributed by atoms with van der Waals surface area (Å²) in [5.74, 6) is -0.502. The van der Waals surface area contributed by atoms with E-state index in [0.29, 0.717) is 48.5 Å². The van der Waals surface area contributed by atoms with Gasteiger partial charge in [0.05, 0.1) is 42.5 Å². The Kier molecular flexibility index (Phi) is 11.0. The summed E-state index contributed by atoms with van der Waals surface area (Å²) in [6, 6.07) is 20.5. The molecular formula is C31H36Cl2N4O4. The summed E-state index contributed by atoms with van der Waals surface area (Å²) >= 11 is 12.4. The minimum atomic E-state index is -0.463. The van der Waals surface area contributed by atoms with E-state index in [1.165, 1.54) is 0 Å². The summed E-state index contributed by atoms with van der Waals surface area (Å²) in [6.45, 7) is 4.74. The zero-order valence-electron chi connectivity index (χ0n) is 23.4. The molecule has 1 heterocycles. The molecule has 0 aliphatic carbocycles. The number of amides is 2. The molecule has 8 nitrogen and oxygen atoms in total. The van der Waals surface area contributed by atoms with Crippen molar-refractivity contribution in [2.45, 2.75) is 6.04 Å². The minimum Gasteiger partial charge on any atom is -0.383 e. The lowest BCUT2D eigenvalue weighted by molar-refractivity contribution is -0.131. The molecule has 0 saturated carbocycles. The van der Waals surface area contributed by atoms with E-state index in [4.69, 9.17) is 38.4 Å². The molecule has 1 atom stereocenters. The topological polar surface area (TPSA) is 88.3 Å². The van der Waals surface area contributed by atoms with Gasteiger partial charge in [0.1, 0.15) is 0 Å². The van der Waals surface area contributed by atoms with Crippen LogP contribution < -0.4 is 10.6 Å². The van der Waals surface area contributed by atoms with Crippen LogP contribution in [0.15, 0.2) is 66.7 Å². The van der Waals surface area contributed by atoms with Crippen molar-refractivity contribution >= 4 is 40.7 Å². The number of nitrogens with two attached hydrogens (primary N) is 1. The Labute approximate surface area is 251 Å². The number of ether oxygens (including phenoxy) is 2. The van der Waals surface area contributed by atoms with E-state index in [-0.39, 0.29) is 18.5 Å². The van der Waals surface area contributed by atoms with Crippen LogP contribution in [0.3, 0.4) is 0 Å². The SMILES string of the molecule is COCCN(CC(=O)N(C)C(CN1CCOCC1)c1ccc(-c2cccc(C(N)=O)c2)cc1)c1ccc(Cl)c(Cl)c1. The number of methoxy groups -OCH3 is 1. The molecule has 1 fully saturated rings. The van der Waals surface area contributed by atoms with Crippen molar-refractivity contribution in [1.29, 1.82) is 0 Å². The summed E-state index contributed by atoms with van der Waals surface area (Å²) in [5.41, 5.74) is 9.61. The summed E-state index contributed by atoms with van der Waals surface area (Å²) in [5, 5.41) is 0.889. The molecule has 0 spiro atoms. The van der Waals surface area contributed by atoms with Gasteiger partial charge in [-0.2, -0.15) is 0 Å². The number of hydrogen-bond donors (Lipinski definition) is 1. The fraction of sp³-hybridized carbons (Fsp3) is 0.355. The zero-order valence-corrected chi connectivity index (χ0v) is 24.9. The fourth-order valence-electron chi connectivity index (χ4n) is 4.86. The number of benzene rings is 3. The van der Waals surface area contributed by atoms with Crippen LogP contribution in [-0.4, -0.2) is 88.3 Å². The molecule has 3 aromatic carbocycles. The number of carbonyl (C=O) groups excluding carboxylic acids is 2. The first-order valence-corrected chi connectivity index (χ1v) is 14.3. The number of carbonyl (C=O) groups is 2. The van der Waals surface area contributed by atoms with E-state index in [2.05, 4.69) is 4.90 Å². The summed E-state index contributed by atoms with van der Waals surface area (Å²) in [7, 11) is 3.48. The third-order valence-electron chi connectivity index (χ3n) is 7.33. The first-order valence-electron chi connectivity index (χ1n) is 13.5. The standard InChI is InChI=1S/C31H36Cl2N4O4/c1-35(30(38)21-37(14-15-40-2)26-10-11-27(32)28(33)19-26)29(20-36-12-16-41-17-13-36)23-8-6-22(7-9-23)24-4-3-5-25(18-24)31(34)39/h3-11,18-19,29H,12-17,20-21H2,1-2H3,(H2,34,39). The lowest BCUT2D eigenvalue weighted by atomic mass is 9.98. The Balaban J connectivity index is 1.58. The second-order valence-corrected chi connectivity index (χ2v) is 10.8. The number of morpholine rings is 1. The molecule has 0 radical (unpaired) electrons. The van der Waals surface area contributed by atoms with Crippen LogP contribution >= 0.6 is 23.2 Å². The molecule has 2 N–H and O–H groups in total. The largest absolute Gasteiger partial charge is 0.383 e. The fourth-order valence-corrected chi connectivity index (χ4v) is 5.15. The Morgan fingerprint density at radius 3 is 2.39 bits per heavy atom. The number of nitrogens with zero attached hydrogens (tertiary/aromatic N) is 3. The summed E-state index contributed by atoms with van der Waals surface area (Å²) < 4.78 is 10.9. The monoisotopic (exact) mass is 598 g/mol. The number of halogens is 2. The van der Waals surface area contributed by atoms with E-state index in [1.54, 1.807) is 31.4 Å². The molecule has 0 aromatic heterocycles. The maximum absolute atomic E-state index is 13.8. The van der Waals surface area contributed by atoms with Gasteiger partial charge in [-0.25, -0.2) is 0 Å². The summed E-state index contributed by atoms with van der Waals surface area (Å²) in [4.78, 5) is 31.5. The second-order valence-electron chi connectivity index (χ2n) is 10.0. The maximum Gasteiger partial charge on any atom is 0.248 e. The number of anilines is 1. The van der Waals surface area contributed by atoms with Crippen LogP contribution in [0.4, 0.5) is 5.69 Å². The lowest BCUT2D eigenvalue weighted by Crippen LogP contribution is -2.46. The molecule has 3 aromatic rings. The van der Waals surface area contributed by atoms with Crippen molar-refractivity contribution in [3.63, 3.8) is 0 Å². The third kappa shape index (κ3) is 8.21. The molecule has 1 aliphatic heterocycles. The molecular weight excluding hydrogens is 563 g/mol. The average Bonchev–Trinajstić information content (AvgIpc) is 2.99. The number of likely N-dealkylation sites (N-methyl/N-ethyl adjacent to an activating group) is 1. The molecule has 4 rings (SSSR count). The van der Waals surface area contributed by atoms with E-state index in [0.717, 1.165) is 35.5 Å². The highest BCUT2D eigenvalue weighted by Gasteiger charge is 2.27. The third-order valence-corrected chi connectivity index (χ3v) is 8.07. The van der Waals surface area contributed by atoms with Crippen molar-refractivity contribution in [3.05, 3.63) is 87.9 Å². The molecule has 2 amide bonds. The molecule has 1 unspecified atom stereocenters. The van der Waals surface area contributed by atoms with Crippen LogP contribution in [0.25, 0.3) is 11.1 Å². The Morgan fingerprint density at radius 1 is 1.00 bits per heavy atom. The van der Waals surface area contributed by atoms with E-state index in [1.807, 2.05) is 59.3 Å². The lowest BCUT2D eigenvalue weighted by Gasteiger charge is -2.36. The highest BCUT2D eigenvalue weighted by Crippen LogP contribution is 2.29. The van der Waals surface area contributed by atoms with Gasteiger partial charge in [0, 0.05) is 51.6 Å². The normalized spacial score (nSPS) is 14.4. The van der Waals surface area contributed by atoms with Crippen LogP contribution in [0.2, 0.25) is 10.0 Å². The highest BCUT2D eigenvalue weighted by molar-refractivity contribution is 6.42. The van der Waals surface area contributed by atoms with Crippen LogP contribution in [0, 0.1) is 0 Å². The number of primary amides is 1. The molecule has 1 saturated heterocycles. The average molecular weight is 600 g/mol. The first kappa shape index (κ1) is 30.8. The van der Waals surface area contributed by atoms with E-state index >= 15 is 0 Å². The van der Waals surface area contributed by atoms with E-state index in [9.17, 15) is 9.59 Å². The molecule has 10 heteroatoms. The van der Waals surface area contributed by atoms with Gasteiger partial charge < -0.3 is 25.0 Å². The minimum absolute atomic E-state index is 0.0383. The van der Waals surface area contributed by atoms with Gasteiger partial charge in [-0.3, -0.25) is 14.5 Å². The zero-order chi connectivity index (χ0) is 29.4. The predicted molar refractivity (Wildman–Crippen MR) is 164 cm³/mol. The Hall–Kier alpha value is -3.14. The van der Waals surface area contributed by atoms with E-state index < -0.39 is 5.91 Å². The first-order chi connectivity index (χ1) is 19.8. The van der Waals surface area contributed by atoms with Gasteiger partial charge in [0.2, 0.25) is 11.8 Å². The second kappa shape index (κ2) is 14.7.